The van der Waals surface area contributed by atoms with Gasteiger partial charge in [0.25, 0.3) is 31.4 Å². The van der Waals surface area contributed by atoms with E-state index in [1.807, 2.05) is 0 Å². The maximum atomic E-state index is 12.0. The van der Waals surface area contributed by atoms with Gasteiger partial charge in [0.1, 0.15) is 24.2 Å². The van der Waals surface area contributed by atoms with Gasteiger partial charge in [0.2, 0.25) is 9.79 Å². The Bertz CT molecular complexity index is 1420. The fourth-order valence-corrected chi connectivity index (χ4v) is 4.80. The molecule has 202 valence electrons. The summed E-state index contributed by atoms with van der Waals surface area (Å²) in [5, 5.41) is 31.1. The quantitative estimate of drug-likeness (QED) is 0.200. The van der Waals surface area contributed by atoms with Gasteiger partial charge in [0.15, 0.2) is 0 Å². The third-order valence-corrected chi connectivity index (χ3v) is 6.50. The highest BCUT2D eigenvalue weighted by Gasteiger charge is 2.30. The van der Waals surface area contributed by atoms with Gasteiger partial charge in [-0.25, -0.2) is 0 Å². The van der Waals surface area contributed by atoms with Gasteiger partial charge >= 0.3 is 0 Å². The van der Waals surface area contributed by atoms with Crippen LogP contribution in [0.25, 0.3) is 0 Å². The van der Waals surface area contributed by atoms with Crippen molar-refractivity contribution < 1.29 is 36.5 Å². The molecule has 2 rings (SSSR count). The van der Waals surface area contributed by atoms with Crippen molar-refractivity contribution in [2.24, 2.45) is 8.80 Å². The Morgan fingerprint density at radius 2 is 1.22 bits per heavy atom. The minimum Gasteiger partial charge on any atom is -0.506 e. The second-order valence-corrected chi connectivity index (χ2v) is 10.4. The molecule has 1 N–H and O–H groups in total. The summed E-state index contributed by atoms with van der Waals surface area (Å²) in [7, 11) is -1.07. The lowest BCUT2D eigenvalue weighted by atomic mass is 10.3. The van der Waals surface area contributed by atoms with Gasteiger partial charge in [-0.1, -0.05) is 12.1 Å². The highest BCUT2D eigenvalue weighted by molar-refractivity contribution is 7.90. The number of benzene rings is 2. The van der Waals surface area contributed by atoms with Crippen LogP contribution >= 0.6 is 0 Å². The first-order chi connectivity index (χ1) is 17.0. The molecule has 0 amide bonds. The molecule has 0 radical (unpaired) electrons. The van der Waals surface area contributed by atoms with Crippen LogP contribution < -0.4 is 4.74 Å². The zero-order chi connectivity index (χ0) is 28.6. The van der Waals surface area contributed by atoms with Crippen molar-refractivity contribution in [2.45, 2.75) is 9.79 Å². The van der Waals surface area contributed by atoms with Crippen molar-refractivity contribution in [3.63, 3.8) is 0 Å². The third-order valence-electron chi connectivity index (χ3n) is 3.89. The number of hydrogen-bond acceptors (Lipinski definition) is 10. The van der Waals surface area contributed by atoms with Crippen LogP contribution in [0.15, 0.2) is 55.0 Å². The Kier molecular flexibility index (Phi) is 10.4. The fourth-order valence-electron chi connectivity index (χ4n) is 2.41. The van der Waals surface area contributed by atoms with E-state index < -0.39 is 56.8 Å². The summed E-state index contributed by atoms with van der Waals surface area (Å²) in [6.07, 6.45) is 2.02. The molecule has 0 aliphatic rings. The van der Waals surface area contributed by atoms with E-state index in [0.29, 0.717) is 0 Å². The van der Waals surface area contributed by atoms with Gasteiger partial charge in [-0.15, -0.1) is 8.80 Å². The van der Waals surface area contributed by atoms with Gasteiger partial charge in [-0.05, 0) is 12.1 Å². The van der Waals surface area contributed by atoms with Crippen LogP contribution in [0.2, 0.25) is 0 Å². The molecule has 0 bridgehead atoms. The van der Waals surface area contributed by atoms with Crippen LogP contribution in [0.3, 0.4) is 0 Å². The number of nitro benzene ring substituents is 2. The fraction of sp³-hybridized carbons (Fsp3) is 0.263. The number of nitro groups is 2. The van der Waals surface area contributed by atoms with Gasteiger partial charge < -0.3 is 19.6 Å². The molecule has 0 saturated carbocycles. The Morgan fingerprint density at radius 3 is 1.62 bits per heavy atom. The molecule has 0 unspecified atom stereocenters. The van der Waals surface area contributed by atoms with E-state index in [2.05, 4.69) is 8.80 Å². The smallest absolute Gasteiger partial charge is 0.294 e. The normalized spacial score (nSPS) is 11.6. The number of phenolic OH excluding ortho intramolecular Hbond substituents is 1. The van der Waals surface area contributed by atoms with E-state index >= 15 is 0 Å². The van der Waals surface area contributed by atoms with Crippen molar-refractivity contribution in [1.82, 2.24) is 9.80 Å². The van der Waals surface area contributed by atoms with Crippen LogP contribution in [-0.4, -0.2) is 89.6 Å². The predicted molar refractivity (Wildman–Crippen MR) is 133 cm³/mol. The van der Waals surface area contributed by atoms with E-state index in [4.69, 9.17) is 4.74 Å². The van der Waals surface area contributed by atoms with Crippen LogP contribution in [0, 0.1) is 20.2 Å². The molecule has 2 aromatic rings. The van der Waals surface area contributed by atoms with Crippen LogP contribution in [0.4, 0.5) is 11.4 Å². The summed E-state index contributed by atoms with van der Waals surface area (Å²) >= 11 is 0. The molecular formula is C19H24N6O10S2. The molecule has 0 fully saturated rings. The molecule has 0 heterocycles. The van der Waals surface area contributed by atoms with Crippen LogP contribution in [0.5, 0.6) is 11.5 Å². The number of aromatic hydroxyl groups is 1. The van der Waals surface area contributed by atoms with E-state index in [0.717, 1.165) is 30.9 Å². The first-order valence-electron chi connectivity index (χ1n) is 9.76. The average Bonchev–Trinajstić information content (AvgIpc) is 2.81. The van der Waals surface area contributed by atoms with Crippen molar-refractivity contribution in [2.75, 3.05) is 35.3 Å². The van der Waals surface area contributed by atoms with Gasteiger partial charge in [-0.3, -0.25) is 20.2 Å². The predicted octanol–water partition coefficient (Wildman–Crippen LogP) is 1.46. The van der Waals surface area contributed by atoms with E-state index in [1.54, 1.807) is 14.1 Å². The standard InChI is InChI=1S/C10H13N3O5S.C9H11N3O5S/c1-12(2)7-11-19(16,17)10-8(13(14)15)5-4-6-9(10)18-3;1-11(2)6-10-18(16,17)9-7(12(14)15)4-3-5-8(9)13/h4-7H,1-3H3;3-6,13H,1-2H3. The molecular weight excluding hydrogens is 536 g/mol. The monoisotopic (exact) mass is 560 g/mol. The Balaban J connectivity index is 0.000000371. The zero-order valence-corrected chi connectivity index (χ0v) is 21.9. The molecule has 0 saturated heterocycles. The molecule has 0 aliphatic heterocycles. The summed E-state index contributed by atoms with van der Waals surface area (Å²) in [4.78, 5) is 21.3. The number of phenols is 1. The summed E-state index contributed by atoms with van der Waals surface area (Å²) < 4.78 is 59.1. The SMILES string of the molecule is CN(C)C=NS(=O)(=O)c1c(O)cccc1[N+](=O)[O-].COc1cccc([N+](=O)[O-])c1S(=O)(=O)N=CN(C)C. The molecule has 0 atom stereocenters. The molecule has 16 nitrogen and oxygen atoms in total. The Hall–Kier alpha value is -4.32. The van der Waals surface area contributed by atoms with Crippen molar-refractivity contribution in [3.05, 3.63) is 56.6 Å². The second kappa shape index (κ2) is 12.6. The Labute approximate surface area is 212 Å². The maximum Gasteiger partial charge on any atom is 0.294 e. The lowest BCUT2D eigenvalue weighted by molar-refractivity contribution is -0.388. The Morgan fingerprint density at radius 1 is 0.811 bits per heavy atom. The van der Waals surface area contributed by atoms with Gasteiger partial charge in [0.05, 0.1) is 17.0 Å². The molecule has 37 heavy (non-hydrogen) atoms. The van der Waals surface area contributed by atoms with Crippen molar-refractivity contribution in [1.29, 1.82) is 0 Å². The first kappa shape index (κ1) is 30.7. The number of hydrogen-bond donors (Lipinski definition) is 1. The average molecular weight is 561 g/mol. The highest BCUT2D eigenvalue weighted by Crippen LogP contribution is 2.34. The van der Waals surface area contributed by atoms with Crippen LogP contribution in [-0.2, 0) is 20.0 Å². The van der Waals surface area contributed by atoms with Crippen molar-refractivity contribution >= 4 is 44.1 Å². The number of methoxy groups -OCH3 is 1. The van der Waals surface area contributed by atoms with Gasteiger partial charge in [-0.2, -0.15) is 16.8 Å². The lowest BCUT2D eigenvalue weighted by Gasteiger charge is -2.07. The minimum absolute atomic E-state index is 0.120. The topological polar surface area (TPSA) is 215 Å². The largest absolute Gasteiger partial charge is 0.506 e. The molecule has 18 heteroatoms. The summed E-state index contributed by atoms with van der Waals surface area (Å²) in [5.74, 6) is -0.829. The van der Waals surface area contributed by atoms with E-state index in [1.165, 1.54) is 49.2 Å². The number of sulfonamides is 2. The molecule has 0 aromatic heterocycles. The number of rotatable bonds is 9. The van der Waals surface area contributed by atoms with E-state index in [9.17, 15) is 42.2 Å². The lowest BCUT2D eigenvalue weighted by Crippen LogP contribution is -2.11. The molecule has 0 aliphatic carbocycles. The number of nitrogens with zero attached hydrogens (tertiary/aromatic N) is 6. The molecule has 2 aromatic carbocycles. The number of ether oxygens (including phenoxy) is 1. The third kappa shape index (κ3) is 8.39. The van der Waals surface area contributed by atoms with Crippen LogP contribution in [0.1, 0.15) is 0 Å². The summed E-state index contributed by atoms with van der Waals surface area (Å²) in [6.45, 7) is 0. The second-order valence-electron chi connectivity index (χ2n) is 7.27. The summed E-state index contributed by atoms with van der Waals surface area (Å²) in [6, 6.07) is 6.96. The maximum absolute atomic E-state index is 12.0. The van der Waals surface area contributed by atoms with E-state index in [-0.39, 0.29) is 5.75 Å². The summed E-state index contributed by atoms with van der Waals surface area (Å²) in [5.41, 5.74) is -1.29. The highest BCUT2D eigenvalue weighted by atomic mass is 32.2. The van der Waals surface area contributed by atoms with Crippen molar-refractivity contribution in [3.8, 4) is 11.5 Å². The van der Waals surface area contributed by atoms with Gasteiger partial charge in [0, 0.05) is 40.3 Å². The molecule has 0 spiro atoms. The first-order valence-corrected chi connectivity index (χ1v) is 12.6. The minimum atomic E-state index is -4.33. The zero-order valence-electron chi connectivity index (χ0n) is 20.2.